The summed E-state index contributed by atoms with van der Waals surface area (Å²) in [5.74, 6) is 0.962. The summed E-state index contributed by atoms with van der Waals surface area (Å²) in [5, 5.41) is 9.92. The highest BCUT2D eigenvalue weighted by Gasteiger charge is 2.28. The van der Waals surface area contributed by atoms with Crippen LogP contribution < -0.4 is 5.32 Å². The van der Waals surface area contributed by atoms with E-state index in [2.05, 4.69) is 34.3 Å². The van der Waals surface area contributed by atoms with E-state index < -0.39 is 0 Å². The Kier molecular flexibility index (Phi) is 3.42. The molecule has 17 heavy (non-hydrogen) atoms. The lowest BCUT2D eigenvalue weighted by atomic mass is 10.0. The number of carbonyl (C=O) groups excluding carboxylic acids is 1. The van der Waals surface area contributed by atoms with Crippen molar-refractivity contribution in [1.82, 2.24) is 25.4 Å². The topological polar surface area (TPSA) is 73.9 Å². The van der Waals surface area contributed by atoms with Gasteiger partial charge in [0.25, 0.3) is 0 Å². The van der Waals surface area contributed by atoms with Gasteiger partial charge in [-0.2, -0.15) is 5.10 Å². The second-order valence-corrected chi connectivity index (χ2v) is 5.06. The summed E-state index contributed by atoms with van der Waals surface area (Å²) in [5.41, 5.74) is 0.0140. The Morgan fingerprint density at radius 1 is 1.59 bits per heavy atom. The van der Waals surface area contributed by atoms with Crippen molar-refractivity contribution in [1.29, 1.82) is 0 Å². The molecule has 0 saturated carbocycles. The molecule has 1 aromatic heterocycles. The highest BCUT2D eigenvalue weighted by atomic mass is 16.2. The molecule has 0 aliphatic carbocycles. The van der Waals surface area contributed by atoms with E-state index in [1.807, 2.05) is 4.90 Å². The van der Waals surface area contributed by atoms with Gasteiger partial charge in [-0.05, 0) is 13.8 Å². The van der Waals surface area contributed by atoms with Crippen LogP contribution in [0.25, 0.3) is 0 Å². The van der Waals surface area contributed by atoms with Gasteiger partial charge >= 0.3 is 0 Å². The maximum absolute atomic E-state index is 12.0. The minimum atomic E-state index is 0.0140. The molecule has 1 aliphatic rings. The first-order valence-electron chi connectivity index (χ1n) is 5.94. The first kappa shape index (κ1) is 12.0. The molecule has 6 heteroatoms. The summed E-state index contributed by atoms with van der Waals surface area (Å²) in [4.78, 5) is 18.0. The van der Waals surface area contributed by atoms with E-state index in [0.717, 1.165) is 25.5 Å². The van der Waals surface area contributed by atoms with E-state index in [1.165, 1.54) is 6.33 Å². The van der Waals surface area contributed by atoms with Gasteiger partial charge in [0.15, 0.2) is 0 Å². The molecule has 1 saturated heterocycles. The quantitative estimate of drug-likeness (QED) is 0.773. The molecular formula is C11H19N5O. The smallest absolute Gasteiger partial charge is 0.223 e. The molecule has 2 heterocycles. The van der Waals surface area contributed by atoms with Crippen molar-refractivity contribution in [3.05, 3.63) is 12.2 Å². The van der Waals surface area contributed by atoms with Crippen molar-refractivity contribution in [3.63, 3.8) is 0 Å². The van der Waals surface area contributed by atoms with Crippen LogP contribution in [0.3, 0.4) is 0 Å². The third-order valence-corrected chi connectivity index (χ3v) is 2.96. The van der Waals surface area contributed by atoms with Gasteiger partial charge in [0.1, 0.15) is 12.2 Å². The summed E-state index contributed by atoms with van der Waals surface area (Å²) in [7, 11) is 0. The molecule has 2 rings (SSSR count). The molecule has 1 aliphatic heterocycles. The van der Waals surface area contributed by atoms with Gasteiger partial charge in [0, 0.05) is 38.0 Å². The SMILES string of the molecule is CC1(C)CN(C(=O)CCc2ncn[nH]2)CCN1. The van der Waals surface area contributed by atoms with Gasteiger partial charge in [0.05, 0.1) is 0 Å². The summed E-state index contributed by atoms with van der Waals surface area (Å²) >= 11 is 0. The van der Waals surface area contributed by atoms with Gasteiger partial charge in [0.2, 0.25) is 5.91 Å². The van der Waals surface area contributed by atoms with Crippen molar-refractivity contribution in [2.75, 3.05) is 19.6 Å². The zero-order chi connectivity index (χ0) is 12.3. The van der Waals surface area contributed by atoms with E-state index in [4.69, 9.17) is 0 Å². The number of hydrogen-bond acceptors (Lipinski definition) is 4. The van der Waals surface area contributed by atoms with Gasteiger partial charge < -0.3 is 10.2 Å². The van der Waals surface area contributed by atoms with Crippen molar-refractivity contribution in [3.8, 4) is 0 Å². The Morgan fingerprint density at radius 3 is 3.06 bits per heavy atom. The number of H-pyrrole nitrogens is 1. The maximum Gasteiger partial charge on any atom is 0.223 e. The number of piperazine rings is 1. The number of nitrogens with zero attached hydrogens (tertiary/aromatic N) is 3. The number of hydrogen-bond donors (Lipinski definition) is 2. The molecule has 0 aromatic carbocycles. The van der Waals surface area contributed by atoms with Crippen LogP contribution in [-0.2, 0) is 11.2 Å². The Balaban J connectivity index is 1.83. The van der Waals surface area contributed by atoms with Crippen molar-refractivity contribution in [2.24, 2.45) is 0 Å². The Hall–Kier alpha value is -1.43. The molecule has 1 aromatic rings. The fourth-order valence-electron chi connectivity index (χ4n) is 2.09. The molecular weight excluding hydrogens is 218 g/mol. The van der Waals surface area contributed by atoms with Crippen LogP contribution >= 0.6 is 0 Å². The average Bonchev–Trinajstić information content (AvgIpc) is 2.77. The molecule has 0 unspecified atom stereocenters. The van der Waals surface area contributed by atoms with Crippen LogP contribution in [-0.4, -0.2) is 51.2 Å². The summed E-state index contributed by atoms with van der Waals surface area (Å²) < 4.78 is 0. The minimum Gasteiger partial charge on any atom is -0.340 e. The van der Waals surface area contributed by atoms with Gasteiger partial charge in [-0.1, -0.05) is 0 Å². The third-order valence-electron chi connectivity index (χ3n) is 2.96. The summed E-state index contributed by atoms with van der Waals surface area (Å²) in [6.07, 6.45) is 2.59. The molecule has 0 radical (unpaired) electrons. The number of aromatic amines is 1. The standard InChI is InChI=1S/C11H19N5O/c1-11(2)7-16(6-5-13-11)10(17)4-3-9-12-8-14-15-9/h8,13H,3-7H2,1-2H3,(H,12,14,15). The second-order valence-electron chi connectivity index (χ2n) is 5.06. The van der Waals surface area contributed by atoms with Crippen LogP contribution in [0, 0.1) is 0 Å². The molecule has 2 N–H and O–H groups in total. The van der Waals surface area contributed by atoms with Crippen molar-refractivity contribution in [2.45, 2.75) is 32.2 Å². The molecule has 6 nitrogen and oxygen atoms in total. The van der Waals surface area contributed by atoms with Crippen LogP contribution in [0.1, 0.15) is 26.1 Å². The number of aryl methyl sites for hydroxylation is 1. The highest BCUT2D eigenvalue weighted by Crippen LogP contribution is 2.11. The van der Waals surface area contributed by atoms with E-state index in [-0.39, 0.29) is 11.4 Å². The first-order valence-corrected chi connectivity index (χ1v) is 5.94. The minimum absolute atomic E-state index is 0.0140. The number of carbonyl (C=O) groups is 1. The monoisotopic (exact) mass is 237 g/mol. The molecule has 94 valence electrons. The van der Waals surface area contributed by atoms with Gasteiger partial charge in [-0.15, -0.1) is 0 Å². The Morgan fingerprint density at radius 2 is 2.41 bits per heavy atom. The molecule has 0 spiro atoms. The first-order chi connectivity index (χ1) is 8.07. The van der Waals surface area contributed by atoms with E-state index in [1.54, 1.807) is 0 Å². The Labute approximate surface area is 101 Å². The van der Waals surface area contributed by atoms with Crippen molar-refractivity contribution < 1.29 is 4.79 Å². The number of rotatable bonds is 3. The average molecular weight is 237 g/mol. The lowest BCUT2D eigenvalue weighted by Gasteiger charge is -2.39. The fourth-order valence-corrected chi connectivity index (χ4v) is 2.09. The van der Waals surface area contributed by atoms with Crippen LogP contribution in [0.5, 0.6) is 0 Å². The van der Waals surface area contributed by atoms with E-state index in [0.29, 0.717) is 12.8 Å². The van der Waals surface area contributed by atoms with Crippen LogP contribution in [0.2, 0.25) is 0 Å². The molecule has 1 amide bonds. The molecule has 0 bridgehead atoms. The highest BCUT2D eigenvalue weighted by molar-refractivity contribution is 5.76. The lowest BCUT2D eigenvalue weighted by molar-refractivity contribution is -0.133. The molecule has 0 atom stereocenters. The van der Waals surface area contributed by atoms with Gasteiger partial charge in [-0.3, -0.25) is 9.89 Å². The number of nitrogens with one attached hydrogen (secondary N) is 2. The largest absolute Gasteiger partial charge is 0.340 e. The number of amides is 1. The zero-order valence-corrected chi connectivity index (χ0v) is 10.4. The predicted molar refractivity (Wildman–Crippen MR) is 63.4 cm³/mol. The fraction of sp³-hybridized carbons (Fsp3) is 0.727. The normalized spacial score (nSPS) is 19.3. The van der Waals surface area contributed by atoms with Crippen LogP contribution in [0.15, 0.2) is 6.33 Å². The predicted octanol–water partition coefficient (Wildman–Crippen LogP) is -0.0523. The summed E-state index contributed by atoms with van der Waals surface area (Å²) in [6.45, 7) is 6.65. The van der Waals surface area contributed by atoms with E-state index >= 15 is 0 Å². The maximum atomic E-state index is 12.0. The zero-order valence-electron chi connectivity index (χ0n) is 10.4. The van der Waals surface area contributed by atoms with Crippen LogP contribution in [0.4, 0.5) is 0 Å². The van der Waals surface area contributed by atoms with Gasteiger partial charge in [-0.25, -0.2) is 4.98 Å². The second kappa shape index (κ2) is 4.83. The lowest BCUT2D eigenvalue weighted by Crippen LogP contribution is -2.58. The molecule has 1 fully saturated rings. The third kappa shape index (κ3) is 3.26. The van der Waals surface area contributed by atoms with E-state index in [9.17, 15) is 4.79 Å². The van der Waals surface area contributed by atoms with Crippen molar-refractivity contribution >= 4 is 5.91 Å². The summed E-state index contributed by atoms with van der Waals surface area (Å²) in [6, 6.07) is 0. The Bertz CT molecular complexity index is 373. The number of aromatic nitrogens is 3.